The number of carbonyl (C=O) groups is 4. The van der Waals surface area contributed by atoms with Crippen LogP contribution in [0.3, 0.4) is 0 Å². The maximum Gasteiger partial charge on any atom is 0.351 e. The first-order chi connectivity index (χ1) is 34.0. The highest BCUT2D eigenvalue weighted by atomic mass is 16.7. The van der Waals surface area contributed by atoms with Crippen LogP contribution in [0.5, 0.6) is 23.0 Å². The molecule has 2 aromatic carbocycles. The lowest BCUT2D eigenvalue weighted by atomic mass is 9.77. The van der Waals surface area contributed by atoms with E-state index in [2.05, 4.69) is 60.1 Å². The highest BCUT2D eigenvalue weighted by molar-refractivity contribution is 5.94. The standard InChI is InChI=1S/C27H33NO7.C18H21NO4.C9H14O4.CH4/c1-16(2)5-8-27(14-22(29)35-27)25(30)34-24-21(31-3)13-26-7-4-9-28(26)10-6-17-11-19-20(33-15-32-19)12-18(17)23(24)26;1-21-15-9-18-4-2-5-19(18)6-3-11-7-13-14(23-10-22-13)8-12(11)16(18)17(15)20;1-6(2)3-4-9(8(11)12)5-7(10)13-9;/h11-13,16,23-24H,4-10,14-15H2,1-3H3;7-9,16-17,20H,2-6,10H2,1H3;6H,3-5H2,1-2H3,(H,11,12);1H4/t23-,24-,26+,27-;16-,17-,18+;9-;/m111./s1. The zero-order chi connectivity index (χ0) is 50.0. The van der Waals surface area contributed by atoms with Crippen LogP contribution in [0.4, 0.5) is 0 Å². The zero-order valence-electron chi connectivity index (χ0n) is 41.8. The van der Waals surface area contributed by atoms with Gasteiger partial charge in [-0.1, -0.05) is 35.1 Å². The van der Waals surface area contributed by atoms with E-state index >= 15 is 0 Å². The maximum absolute atomic E-state index is 13.6. The first kappa shape index (κ1) is 51.4. The van der Waals surface area contributed by atoms with Gasteiger partial charge in [-0.25, -0.2) is 9.59 Å². The number of hydrogen-bond acceptors (Lipinski definition) is 16. The lowest BCUT2D eigenvalue weighted by molar-refractivity contribution is -0.212. The molecule has 17 heteroatoms. The summed E-state index contributed by atoms with van der Waals surface area (Å²) in [5.41, 5.74) is 1.92. The minimum Gasteiger partial charge on any atom is -0.499 e. The molecule has 392 valence electrons. The van der Waals surface area contributed by atoms with Crippen LogP contribution in [0.1, 0.15) is 133 Å². The quantitative estimate of drug-likeness (QED) is 0.171. The van der Waals surface area contributed by atoms with Gasteiger partial charge in [-0.3, -0.25) is 19.4 Å². The van der Waals surface area contributed by atoms with E-state index in [4.69, 9.17) is 47.7 Å². The van der Waals surface area contributed by atoms with E-state index in [1.54, 1.807) is 14.2 Å². The molecule has 2 spiro atoms. The molecule has 0 radical (unpaired) electrons. The SMILES string of the molecule is C.CC(C)CC[C@]1(C(=O)O)CC(=O)O1.COC1=C[C@]23CCCN2CCc2cc4c(cc2[C@@H]3[C@@H]1O)OCO4.COC1=C[C@]23CCCN2CCc2cc4c(cc2[C@@H]3[C@@H]1OC(=O)[C@@]1(CCC(C)C)CC(=O)O1)OCO4. The van der Waals surface area contributed by atoms with Gasteiger partial charge in [-0.2, -0.15) is 0 Å². The number of carboxylic acid groups (broad SMARTS) is 1. The first-order valence-corrected chi connectivity index (χ1v) is 25.5. The molecule has 0 aromatic heterocycles. The van der Waals surface area contributed by atoms with E-state index in [1.807, 2.05) is 13.8 Å². The fraction of sp³-hybridized carbons (Fsp3) is 0.636. The average Bonchev–Trinajstić information content (AvgIpc) is 4.19. The molecule has 8 aliphatic heterocycles. The van der Waals surface area contributed by atoms with Gasteiger partial charge in [0.2, 0.25) is 24.8 Å². The monoisotopic (exact) mass is 1000 g/mol. The van der Waals surface area contributed by atoms with E-state index in [-0.39, 0.29) is 62.7 Å². The molecule has 12 rings (SSSR count). The maximum atomic E-state index is 13.6. The number of aliphatic hydroxyl groups excluding tert-OH is 1. The number of ether oxygens (including phenoxy) is 9. The molecule has 10 aliphatic rings. The molecule has 4 saturated heterocycles. The van der Waals surface area contributed by atoms with Crippen molar-refractivity contribution in [2.75, 3.05) is 54.0 Å². The van der Waals surface area contributed by atoms with Crippen LogP contribution in [-0.2, 0) is 55.7 Å². The molecule has 2 aliphatic carbocycles. The number of aliphatic hydroxyl groups is 1. The number of methoxy groups -OCH3 is 2. The highest BCUT2D eigenvalue weighted by Crippen LogP contribution is 2.57. The molecule has 4 fully saturated rings. The van der Waals surface area contributed by atoms with Crippen LogP contribution in [0.2, 0.25) is 0 Å². The molecule has 8 heterocycles. The Morgan fingerprint density at radius 1 is 0.681 bits per heavy atom. The van der Waals surface area contributed by atoms with E-state index in [9.17, 15) is 24.3 Å². The number of nitrogens with zero attached hydrogens (tertiary/aromatic N) is 2. The molecule has 0 bridgehead atoms. The van der Waals surface area contributed by atoms with Crippen LogP contribution in [0.25, 0.3) is 0 Å². The molecule has 0 amide bonds. The molecular weight excluding hydrogens is 929 g/mol. The zero-order valence-corrected chi connectivity index (χ0v) is 41.8. The van der Waals surface area contributed by atoms with Gasteiger partial charge >= 0.3 is 23.9 Å². The van der Waals surface area contributed by atoms with Gasteiger partial charge < -0.3 is 52.8 Å². The van der Waals surface area contributed by atoms with Gasteiger partial charge in [0, 0.05) is 19.0 Å². The lowest BCUT2D eigenvalue weighted by Gasteiger charge is -2.42. The summed E-state index contributed by atoms with van der Waals surface area (Å²) in [7, 11) is 3.28. The normalized spacial score (nSPS) is 31.7. The fourth-order valence-electron chi connectivity index (χ4n) is 13.0. The van der Waals surface area contributed by atoms with E-state index < -0.39 is 41.3 Å². The van der Waals surface area contributed by atoms with Crippen molar-refractivity contribution in [2.45, 2.75) is 158 Å². The second-order valence-corrected chi connectivity index (χ2v) is 21.7. The third-order valence-corrected chi connectivity index (χ3v) is 16.7. The van der Waals surface area contributed by atoms with Crippen LogP contribution >= 0.6 is 0 Å². The number of cyclic esters (lactones) is 2. The van der Waals surface area contributed by atoms with Crippen molar-refractivity contribution in [3.8, 4) is 23.0 Å². The van der Waals surface area contributed by atoms with Crippen LogP contribution < -0.4 is 18.9 Å². The third kappa shape index (κ3) is 8.73. The molecule has 2 aromatic rings. The lowest BCUT2D eigenvalue weighted by Crippen LogP contribution is -2.56. The largest absolute Gasteiger partial charge is 0.499 e. The molecule has 2 N–H and O–H groups in total. The van der Waals surface area contributed by atoms with Crippen molar-refractivity contribution in [3.05, 3.63) is 70.2 Å². The second-order valence-electron chi connectivity index (χ2n) is 21.7. The summed E-state index contributed by atoms with van der Waals surface area (Å²) in [5.74, 6) is 2.88. The highest BCUT2D eigenvalue weighted by Gasteiger charge is 2.61. The Bertz CT molecular complexity index is 2500. The molecule has 0 saturated carbocycles. The Morgan fingerprint density at radius 3 is 1.60 bits per heavy atom. The summed E-state index contributed by atoms with van der Waals surface area (Å²) < 4.78 is 50.3. The van der Waals surface area contributed by atoms with Gasteiger partial charge in [0.05, 0.1) is 44.1 Å². The van der Waals surface area contributed by atoms with Crippen molar-refractivity contribution in [1.29, 1.82) is 0 Å². The Balaban J connectivity index is 0.000000148. The summed E-state index contributed by atoms with van der Waals surface area (Å²) >= 11 is 0. The van der Waals surface area contributed by atoms with E-state index in [1.165, 1.54) is 16.7 Å². The van der Waals surface area contributed by atoms with Gasteiger partial charge in [-0.05, 0) is 148 Å². The summed E-state index contributed by atoms with van der Waals surface area (Å²) in [6, 6.07) is 8.33. The minimum absolute atomic E-state index is 0. The van der Waals surface area contributed by atoms with Crippen molar-refractivity contribution in [2.24, 2.45) is 11.8 Å². The van der Waals surface area contributed by atoms with Gasteiger partial charge in [-0.15, -0.1) is 0 Å². The van der Waals surface area contributed by atoms with Crippen molar-refractivity contribution in [3.63, 3.8) is 0 Å². The first-order valence-electron chi connectivity index (χ1n) is 25.5. The van der Waals surface area contributed by atoms with E-state index in [0.717, 1.165) is 106 Å². The number of fused-ring (bicyclic) bond motifs is 6. The van der Waals surface area contributed by atoms with Crippen molar-refractivity contribution in [1.82, 2.24) is 9.80 Å². The summed E-state index contributed by atoms with van der Waals surface area (Å²) in [6.07, 6.45) is 11.8. The van der Waals surface area contributed by atoms with Gasteiger partial charge in [0.25, 0.3) is 0 Å². The fourth-order valence-corrected chi connectivity index (χ4v) is 13.0. The van der Waals surface area contributed by atoms with Gasteiger partial charge in [0.15, 0.2) is 29.1 Å². The summed E-state index contributed by atoms with van der Waals surface area (Å²) in [4.78, 5) is 51.8. The average molecular weight is 1000 g/mol. The van der Waals surface area contributed by atoms with Crippen LogP contribution in [-0.4, -0.2) is 132 Å². The van der Waals surface area contributed by atoms with Crippen molar-refractivity contribution >= 4 is 23.9 Å². The predicted molar refractivity (Wildman–Crippen MR) is 261 cm³/mol. The Morgan fingerprint density at radius 2 is 1.12 bits per heavy atom. The number of hydrogen-bond donors (Lipinski definition) is 2. The number of carbonyl (C=O) groups excluding carboxylic acids is 3. The number of rotatable bonds is 11. The van der Waals surface area contributed by atoms with Crippen molar-refractivity contribution < 1.29 is 72.0 Å². The molecule has 8 atom stereocenters. The van der Waals surface area contributed by atoms with Gasteiger partial charge in [0.1, 0.15) is 17.6 Å². The second kappa shape index (κ2) is 19.7. The summed E-state index contributed by atoms with van der Waals surface area (Å²) in [5, 5.41) is 19.8. The smallest absolute Gasteiger partial charge is 0.351 e. The number of carboxylic acids is 1. The number of esters is 3. The molecule has 17 nitrogen and oxygen atoms in total. The Kier molecular flexibility index (Phi) is 14.1. The third-order valence-electron chi connectivity index (χ3n) is 16.7. The predicted octanol–water partition coefficient (Wildman–Crippen LogP) is 7.09. The molecule has 0 unspecified atom stereocenters. The van der Waals surface area contributed by atoms with Crippen LogP contribution in [0.15, 0.2) is 47.9 Å². The number of benzene rings is 2. The summed E-state index contributed by atoms with van der Waals surface area (Å²) in [6.45, 7) is 12.7. The minimum atomic E-state index is -1.21. The van der Waals surface area contributed by atoms with Crippen LogP contribution in [0, 0.1) is 11.8 Å². The molecule has 72 heavy (non-hydrogen) atoms. The topological polar surface area (TPSA) is 198 Å². The molecular formula is C55H72N2O15. The Labute approximate surface area is 422 Å². The Hall–Kier alpha value is -5.52. The number of aliphatic carboxylic acids is 1. The van der Waals surface area contributed by atoms with E-state index in [0.29, 0.717) is 36.2 Å².